The van der Waals surface area contributed by atoms with Crippen LogP contribution in [0, 0.1) is 5.92 Å². The molecule has 0 spiro atoms. The Morgan fingerprint density at radius 3 is 2.75 bits per heavy atom. The first kappa shape index (κ1) is 9.48. The summed E-state index contributed by atoms with van der Waals surface area (Å²) in [5.41, 5.74) is 0. The predicted molar refractivity (Wildman–Crippen MR) is 44.0 cm³/mol. The van der Waals surface area contributed by atoms with E-state index in [4.69, 9.17) is 9.84 Å². The molecule has 2 N–H and O–H groups in total. The van der Waals surface area contributed by atoms with Crippen molar-refractivity contribution >= 4 is 5.97 Å². The maximum Gasteiger partial charge on any atom is 0.320 e. The van der Waals surface area contributed by atoms with Crippen molar-refractivity contribution in [2.45, 2.75) is 25.9 Å². The van der Waals surface area contributed by atoms with Crippen molar-refractivity contribution in [3.05, 3.63) is 0 Å². The largest absolute Gasteiger partial charge is 0.480 e. The van der Waals surface area contributed by atoms with Crippen molar-refractivity contribution in [3.63, 3.8) is 0 Å². The van der Waals surface area contributed by atoms with Crippen molar-refractivity contribution in [2.24, 2.45) is 5.92 Å². The molecule has 3 atom stereocenters. The highest BCUT2D eigenvalue weighted by molar-refractivity contribution is 5.72. The zero-order valence-electron chi connectivity index (χ0n) is 7.41. The van der Waals surface area contributed by atoms with Gasteiger partial charge in [-0.15, -0.1) is 0 Å². The summed E-state index contributed by atoms with van der Waals surface area (Å²) < 4.78 is 5.19. The smallest absolute Gasteiger partial charge is 0.320 e. The van der Waals surface area contributed by atoms with Gasteiger partial charge in [0.1, 0.15) is 6.04 Å². The van der Waals surface area contributed by atoms with Gasteiger partial charge in [-0.1, -0.05) is 6.92 Å². The van der Waals surface area contributed by atoms with Gasteiger partial charge in [-0.25, -0.2) is 0 Å². The number of hydrogen-bond acceptors (Lipinski definition) is 3. The molecule has 0 radical (unpaired) electrons. The van der Waals surface area contributed by atoms with Crippen molar-refractivity contribution in [3.8, 4) is 0 Å². The molecule has 0 aromatic rings. The molecule has 12 heavy (non-hydrogen) atoms. The van der Waals surface area contributed by atoms with Gasteiger partial charge in [0.15, 0.2) is 0 Å². The number of rotatable bonds is 3. The number of hydrogen-bond donors (Lipinski definition) is 2. The summed E-state index contributed by atoms with van der Waals surface area (Å²) in [5, 5.41) is 11.6. The van der Waals surface area contributed by atoms with E-state index in [9.17, 15) is 4.79 Å². The van der Waals surface area contributed by atoms with E-state index in [-0.39, 0.29) is 6.04 Å². The van der Waals surface area contributed by atoms with Gasteiger partial charge >= 0.3 is 5.97 Å². The normalized spacial score (nSPS) is 31.8. The molecule has 0 aromatic heterocycles. The molecular formula is C8H15NO3. The third-order valence-corrected chi connectivity index (χ3v) is 2.20. The van der Waals surface area contributed by atoms with Gasteiger partial charge in [-0.05, 0) is 12.8 Å². The van der Waals surface area contributed by atoms with Gasteiger partial charge in [0.2, 0.25) is 0 Å². The monoisotopic (exact) mass is 173 g/mol. The van der Waals surface area contributed by atoms with Gasteiger partial charge in [0.05, 0.1) is 13.2 Å². The van der Waals surface area contributed by atoms with Crippen LogP contribution in [-0.4, -0.2) is 36.4 Å². The van der Waals surface area contributed by atoms with Crippen molar-refractivity contribution in [2.75, 3.05) is 13.2 Å². The molecule has 1 aliphatic heterocycles. The average Bonchev–Trinajstić information content (AvgIpc) is 2.36. The molecule has 0 saturated carbocycles. The van der Waals surface area contributed by atoms with Crippen LogP contribution in [-0.2, 0) is 9.53 Å². The lowest BCUT2D eigenvalue weighted by molar-refractivity contribution is -0.139. The Morgan fingerprint density at radius 2 is 2.33 bits per heavy atom. The van der Waals surface area contributed by atoms with E-state index in [1.807, 2.05) is 0 Å². The number of nitrogens with one attached hydrogen (secondary N) is 1. The molecule has 2 unspecified atom stereocenters. The maximum atomic E-state index is 10.5. The maximum absolute atomic E-state index is 10.5. The molecule has 0 bridgehead atoms. The molecule has 4 heteroatoms. The van der Waals surface area contributed by atoms with Crippen molar-refractivity contribution in [1.29, 1.82) is 0 Å². The lowest BCUT2D eigenvalue weighted by Crippen LogP contribution is -2.44. The summed E-state index contributed by atoms with van der Waals surface area (Å²) in [6.07, 6.45) is 0. The average molecular weight is 173 g/mol. The minimum atomic E-state index is -0.811. The number of ether oxygens (including phenoxy) is 1. The van der Waals surface area contributed by atoms with Crippen LogP contribution >= 0.6 is 0 Å². The first-order valence-corrected chi connectivity index (χ1v) is 4.18. The minimum Gasteiger partial charge on any atom is -0.480 e. The fourth-order valence-corrected chi connectivity index (χ4v) is 1.27. The second kappa shape index (κ2) is 3.87. The summed E-state index contributed by atoms with van der Waals surface area (Å²) in [5.74, 6) is -0.402. The molecule has 1 aliphatic rings. The zero-order valence-corrected chi connectivity index (χ0v) is 7.41. The minimum absolute atomic E-state index is 0.191. The SMILES string of the molecule is CC1COCC1N[C@H](C)C(=O)O. The highest BCUT2D eigenvalue weighted by atomic mass is 16.5. The third kappa shape index (κ3) is 2.19. The second-order valence-electron chi connectivity index (χ2n) is 3.35. The summed E-state index contributed by atoms with van der Waals surface area (Å²) in [6, 6.07) is -0.296. The topological polar surface area (TPSA) is 58.6 Å². The summed E-state index contributed by atoms with van der Waals surface area (Å²) in [6.45, 7) is 5.05. The van der Waals surface area contributed by atoms with Gasteiger partial charge in [-0.2, -0.15) is 0 Å². The van der Waals surface area contributed by atoms with E-state index < -0.39 is 12.0 Å². The molecule has 0 amide bonds. The highest BCUT2D eigenvalue weighted by Crippen LogP contribution is 2.12. The Balaban J connectivity index is 2.35. The van der Waals surface area contributed by atoms with Gasteiger partial charge < -0.3 is 9.84 Å². The van der Waals surface area contributed by atoms with E-state index in [0.29, 0.717) is 12.5 Å². The first-order valence-electron chi connectivity index (χ1n) is 4.18. The predicted octanol–water partition coefficient (Wildman–Crippen LogP) is 0.0840. The molecule has 4 nitrogen and oxygen atoms in total. The molecule has 1 saturated heterocycles. The third-order valence-electron chi connectivity index (χ3n) is 2.20. The van der Waals surface area contributed by atoms with Crippen molar-refractivity contribution in [1.82, 2.24) is 5.32 Å². The molecule has 70 valence electrons. The zero-order chi connectivity index (χ0) is 9.14. The van der Waals surface area contributed by atoms with Crippen molar-refractivity contribution < 1.29 is 14.6 Å². The van der Waals surface area contributed by atoms with Crippen LogP contribution in [0.2, 0.25) is 0 Å². The summed E-state index contributed by atoms with van der Waals surface area (Å²) in [4.78, 5) is 10.5. The fraction of sp³-hybridized carbons (Fsp3) is 0.875. The van der Waals surface area contributed by atoms with E-state index in [0.717, 1.165) is 6.61 Å². The Kier molecular flexibility index (Phi) is 3.05. The highest BCUT2D eigenvalue weighted by Gasteiger charge is 2.26. The van der Waals surface area contributed by atoms with E-state index in [2.05, 4.69) is 12.2 Å². The quantitative estimate of drug-likeness (QED) is 0.634. The summed E-state index contributed by atoms with van der Waals surface area (Å²) in [7, 11) is 0. The van der Waals surface area contributed by atoms with Crippen LogP contribution in [0.5, 0.6) is 0 Å². The van der Waals surface area contributed by atoms with Gasteiger partial charge in [-0.3, -0.25) is 10.1 Å². The Labute approximate surface area is 71.9 Å². The molecule has 1 heterocycles. The van der Waals surface area contributed by atoms with E-state index in [1.165, 1.54) is 0 Å². The standard InChI is InChI=1S/C8H15NO3/c1-5-3-12-4-7(5)9-6(2)8(10)11/h5-7,9H,3-4H2,1-2H3,(H,10,11)/t5?,6-,7?/m1/s1. The Bertz CT molecular complexity index is 172. The Hall–Kier alpha value is -0.610. The van der Waals surface area contributed by atoms with E-state index >= 15 is 0 Å². The number of aliphatic carboxylic acids is 1. The number of carboxylic acid groups (broad SMARTS) is 1. The molecule has 1 rings (SSSR count). The molecule has 0 aromatic carbocycles. The van der Waals surface area contributed by atoms with Crippen LogP contribution in [0.15, 0.2) is 0 Å². The van der Waals surface area contributed by atoms with Crippen LogP contribution in [0.3, 0.4) is 0 Å². The number of carboxylic acids is 1. The van der Waals surface area contributed by atoms with Gasteiger partial charge in [0.25, 0.3) is 0 Å². The van der Waals surface area contributed by atoms with E-state index in [1.54, 1.807) is 6.92 Å². The molecule has 0 aliphatic carbocycles. The summed E-state index contributed by atoms with van der Waals surface area (Å²) >= 11 is 0. The molecule has 1 fully saturated rings. The second-order valence-corrected chi connectivity index (χ2v) is 3.35. The van der Waals surface area contributed by atoms with Crippen LogP contribution in [0.25, 0.3) is 0 Å². The van der Waals surface area contributed by atoms with Crippen LogP contribution < -0.4 is 5.32 Å². The lowest BCUT2D eigenvalue weighted by Gasteiger charge is -2.17. The number of carbonyl (C=O) groups is 1. The van der Waals surface area contributed by atoms with Gasteiger partial charge in [0, 0.05) is 6.04 Å². The van der Waals surface area contributed by atoms with Crippen LogP contribution in [0.1, 0.15) is 13.8 Å². The van der Waals surface area contributed by atoms with Crippen LogP contribution in [0.4, 0.5) is 0 Å². The Morgan fingerprint density at radius 1 is 1.67 bits per heavy atom. The molecular weight excluding hydrogens is 158 g/mol. The fourth-order valence-electron chi connectivity index (χ4n) is 1.27. The lowest BCUT2D eigenvalue weighted by atomic mass is 10.1. The first-order chi connectivity index (χ1) is 5.61.